The van der Waals surface area contributed by atoms with E-state index in [1.165, 1.54) is 17.7 Å². The molecule has 1 amide bonds. The summed E-state index contributed by atoms with van der Waals surface area (Å²) in [4.78, 5) is 25.3. The van der Waals surface area contributed by atoms with E-state index in [0.717, 1.165) is 36.0 Å². The maximum Gasteiger partial charge on any atom is 0.244 e. The van der Waals surface area contributed by atoms with Crippen LogP contribution in [-0.4, -0.2) is 26.0 Å². The van der Waals surface area contributed by atoms with Crippen molar-refractivity contribution in [2.24, 2.45) is 0 Å². The average molecular weight is 481 g/mol. The number of sulfone groups is 1. The lowest BCUT2D eigenvalue weighted by molar-refractivity contribution is -0.116. The molecule has 0 radical (unpaired) electrons. The second-order valence-corrected chi connectivity index (χ2v) is 9.57. The largest absolute Gasteiger partial charge is 0.497 e. The van der Waals surface area contributed by atoms with E-state index >= 15 is 0 Å². The van der Waals surface area contributed by atoms with Crippen molar-refractivity contribution in [1.29, 1.82) is 0 Å². The molecule has 0 aliphatic heterocycles. The Morgan fingerprint density at radius 2 is 1.76 bits per heavy atom. The standard InChI is InChI=1S/C25H21FN2O5S/c1-16-5-3-4-6-21(16)27-24(29)15-28-14-23(34(31,32)19-10-7-17(26)8-11-19)25(30)20-13-18(33-2)9-12-22(20)28/h3-14H,15H2,1-2H3,(H,27,29). The number of ether oxygens (including phenoxy) is 1. The van der Waals surface area contributed by atoms with Gasteiger partial charge in [0.25, 0.3) is 0 Å². The van der Waals surface area contributed by atoms with Gasteiger partial charge in [0.1, 0.15) is 23.0 Å². The van der Waals surface area contributed by atoms with E-state index in [0.29, 0.717) is 17.0 Å². The minimum atomic E-state index is -4.29. The van der Waals surface area contributed by atoms with Crippen LogP contribution in [0.15, 0.2) is 87.5 Å². The highest BCUT2D eigenvalue weighted by atomic mass is 32.2. The molecule has 7 nitrogen and oxygen atoms in total. The summed E-state index contributed by atoms with van der Waals surface area (Å²) in [5.74, 6) is -0.649. The third-order valence-electron chi connectivity index (χ3n) is 5.40. The van der Waals surface area contributed by atoms with Crippen LogP contribution in [0.1, 0.15) is 5.56 Å². The molecule has 34 heavy (non-hydrogen) atoms. The number of pyridine rings is 1. The molecule has 4 rings (SSSR count). The van der Waals surface area contributed by atoms with Crippen molar-refractivity contribution in [3.8, 4) is 5.75 Å². The highest BCUT2D eigenvalue weighted by molar-refractivity contribution is 7.91. The Kier molecular flexibility index (Phi) is 6.21. The zero-order valence-corrected chi connectivity index (χ0v) is 19.2. The minimum Gasteiger partial charge on any atom is -0.497 e. The minimum absolute atomic E-state index is 0.0752. The number of carbonyl (C=O) groups is 1. The zero-order chi connectivity index (χ0) is 24.5. The van der Waals surface area contributed by atoms with Gasteiger partial charge in [-0.15, -0.1) is 0 Å². The number of fused-ring (bicyclic) bond motifs is 1. The summed E-state index contributed by atoms with van der Waals surface area (Å²) >= 11 is 0. The van der Waals surface area contributed by atoms with E-state index in [-0.39, 0.29) is 16.8 Å². The van der Waals surface area contributed by atoms with Crippen molar-refractivity contribution in [1.82, 2.24) is 4.57 Å². The molecule has 0 saturated heterocycles. The van der Waals surface area contributed by atoms with Gasteiger partial charge < -0.3 is 14.6 Å². The van der Waals surface area contributed by atoms with Crippen LogP contribution in [0.3, 0.4) is 0 Å². The SMILES string of the molecule is COc1ccc2c(c1)c(=O)c(S(=O)(=O)c1ccc(F)cc1)cn2CC(=O)Nc1ccccc1C. The highest BCUT2D eigenvalue weighted by Crippen LogP contribution is 2.24. The maximum atomic E-state index is 13.3. The van der Waals surface area contributed by atoms with Crippen molar-refractivity contribution in [2.75, 3.05) is 12.4 Å². The van der Waals surface area contributed by atoms with Crippen LogP contribution in [0.25, 0.3) is 10.9 Å². The molecule has 0 aliphatic rings. The fourth-order valence-electron chi connectivity index (χ4n) is 3.60. The van der Waals surface area contributed by atoms with Gasteiger partial charge in [-0.25, -0.2) is 12.8 Å². The van der Waals surface area contributed by atoms with E-state index in [2.05, 4.69) is 5.32 Å². The Morgan fingerprint density at radius 3 is 2.44 bits per heavy atom. The molecule has 0 atom stereocenters. The van der Waals surface area contributed by atoms with Crippen LogP contribution in [0, 0.1) is 12.7 Å². The Bertz CT molecular complexity index is 1560. The van der Waals surface area contributed by atoms with Crippen molar-refractivity contribution in [2.45, 2.75) is 23.3 Å². The van der Waals surface area contributed by atoms with Gasteiger partial charge in [0.05, 0.1) is 22.9 Å². The van der Waals surface area contributed by atoms with E-state index < -0.39 is 31.9 Å². The number of aromatic nitrogens is 1. The summed E-state index contributed by atoms with van der Waals surface area (Å²) in [6.07, 6.45) is 1.15. The first-order chi connectivity index (χ1) is 16.2. The maximum absolute atomic E-state index is 13.3. The van der Waals surface area contributed by atoms with E-state index in [1.54, 1.807) is 24.3 Å². The predicted octanol–water partition coefficient (Wildman–Crippen LogP) is 3.93. The fraction of sp³-hybridized carbons (Fsp3) is 0.120. The van der Waals surface area contributed by atoms with Crippen LogP contribution >= 0.6 is 0 Å². The number of anilines is 1. The van der Waals surface area contributed by atoms with Gasteiger partial charge in [-0.3, -0.25) is 9.59 Å². The summed E-state index contributed by atoms with van der Waals surface area (Å²) in [6, 6.07) is 16.1. The van der Waals surface area contributed by atoms with Crippen molar-refractivity contribution in [3.05, 3.63) is 94.5 Å². The number of amides is 1. The first-order valence-corrected chi connectivity index (χ1v) is 11.8. The van der Waals surface area contributed by atoms with Crippen molar-refractivity contribution >= 4 is 32.3 Å². The molecule has 1 heterocycles. The number of rotatable bonds is 6. The Hall–Kier alpha value is -3.98. The van der Waals surface area contributed by atoms with Gasteiger partial charge in [-0.1, -0.05) is 18.2 Å². The number of carbonyl (C=O) groups excluding carboxylic acids is 1. The normalized spacial score (nSPS) is 11.4. The second-order valence-electron chi connectivity index (χ2n) is 7.65. The molecular formula is C25H21FN2O5S. The fourth-order valence-corrected chi connectivity index (χ4v) is 4.97. The molecule has 1 aromatic heterocycles. The molecular weight excluding hydrogens is 459 g/mol. The topological polar surface area (TPSA) is 94.5 Å². The third-order valence-corrected chi connectivity index (χ3v) is 7.16. The molecule has 0 aliphatic carbocycles. The lowest BCUT2D eigenvalue weighted by Crippen LogP contribution is -2.24. The Morgan fingerprint density at radius 1 is 1.06 bits per heavy atom. The van der Waals surface area contributed by atoms with Gasteiger partial charge in [0, 0.05) is 11.9 Å². The number of para-hydroxylation sites is 1. The Labute approximate surface area is 195 Å². The molecule has 0 fully saturated rings. The molecule has 3 aromatic carbocycles. The van der Waals surface area contributed by atoms with E-state index in [1.807, 2.05) is 19.1 Å². The molecule has 1 N–H and O–H groups in total. The van der Waals surface area contributed by atoms with Crippen molar-refractivity contribution < 1.29 is 22.3 Å². The zero-order valence-electron chi connectivity index (χ0n) is 18.4. The third kappa shape index (κ3) is 4.42. The van der Waals surface area contributed by atoms with Gasteiger partial charge in [-0.2, -0.15) is 0 Å². The monoisotopic (exact) mass is 480 g/mol. The molecule has 4 aromatic rings. The molecule has 0 saturated carbocycles. The van der Waals surface area contributed by atoms with Gasteiger partial charge in [0.2, 0.25) is 21.2 Å². The van der Waals surface area contributed by atoms with Crippen LogP contribution < -0.4 is 15.5 Å². The van der Waals surface area contributed by atoms with Crippen LogP contribution in [0.4, 0.5) is 10.1 Å². The summed E-state index contributed by atoms with van der Waals surface area (Å²) in [6.45, 7) is 1.60. The first kappa shape index (κ1) is 23.2. The number of nitrogens with one attached hydrogen (secondary N) is 1. The predicted molar refractivity (Wildman–Crippen MR) is 126 cm³/mol. The molecule has 174 valence electrons. The summed E-state index contributed by atoms with van der Waals surface area (Å²) in [7, 11) is -2.87. The highest BCUT2D eigenvalue weighted by Gasteiger charge is 2.24. The van der Waals surface area contributed by atoms with Gasteiger partial charge >= 0.3 is 0 Å². The molecule has 0 spiro atoms. The first-order valence-electron chi connectivity index (χ1n) is 10.3. The lowest BCUT2D eigenvalue weighted by atomic mass is 10.2. The number of hydrogen-bond donors (Lipinski definition) is 1. The van der Waals surface area contributed by atoms with Crippen LogP contribution in [0.5, 0.6) is 5.75 Å². The number of methoxy groups -OCH3 is 1. The number of halogens is 1. The number of nitrogens with zero attached hydrogens (tertiary/aromatic N) is 1. The van der Waals surface area contributed by atoms with E-state index in [9.17, 15) is 22.4 Å². The van der Waals surface area contributed by atoms with Crippen LogP contribution in [-0.2, 0) is 21.2 Å². The molecule has 0 bridgehead atoms. The number of benzene rings is 3. The van der Waals surface area contributed by atoms with Crippen LogP contribution in [0.2, 0.25) is 0 Å². The van der Waals surface area contributed by atoms with Gasteiger partial charge in [-0.05, 0) is 61.0 Å². The number of aryl methyl sites for hydroxylation is 1. The summed E-state index contributed by atoms with van der Waals surface area (Å²) in [5.41, 5.74) is 1.11. The Balaban J connectivity index is 1.85. The summed E-state index contributed by atoms with van der Waals surface area (Å²) < 4.78 is 46.5. The smallest absolute Gasteiger partial charge is 0.244 e. The average Bonchev–Trinajstić information content (AvgIpc) is 2.82. The molecule has 0 unspecified atom stereocenters. The lowest BCUT2D eigenvalue weighted by Gasteiger charge is -2.15. The second kappa shape index (κ2) is 9.11. The molecule has 9 heteroatoms. The summed E-state index contributed by atoms with van der Waals surface area (Å²) in [5, 5.41) is 2.88. The quantitative estimate of drug-likeness (QED) is 0.422. The van der Waals surface area contributed by atoms with Crippen molar-refractivity contribution in [3.63, 3.8) is 0 Å². The van der Waals surface area contributed by atoms with E-state index in [4.69, 9.17) is 4.74 Å². The van der Waals surface area contributed by atoms with Gasteiger partial charge in [0.15, 0.2) is 0 Å². The number of hydrogen-bond acceptors (Lipinski definition) is 5.